The zero-order valence-electron chi connectivity index (χ0n) is 12.1. The predicted molar refractivity (Wildman–Crippen MR) is 97.1 cm³/mol. The highest BCUT2D eigenvalue weighted by molar-refractivity contribution is 14.1. The Morgan fingerprint density at radius 3 is 1.79 bits per heavy atom. The summed E-state index contributed by atoms with van der Waals surface area (Å²) in [5, 5.41) is 10.5. The van der Waals surface area contributed by atoms with Gasteiger partial charge in [-0.1, -0.05) is 20.8 Å². The number of nitrogens with zero attached hydrogens (tertiary/aromatic N) is 3. The van der Waals surface area contributed by atoms with E-state index in [1.165, 1.54) is 3.57 Å². The molecule has 2 aromatic heterocycles. The van der Waals surface area contributed by atoms with E-state index in [0.717, 1.165) is 9.49 Å². The Balaban J connectivity index is 0.000000281. The Hall–Kier alpha value is -0.120. The zero-order chi connectivity index (χ0) is 14.8. The van der Waals surface area contributed by atoms with Crippen LogP contribution in [0, 0.1) is 13.1 Å². The smallest absolute Gasteiger partial charge is 0.0623 e. The maximum atomic E-state index is 4.12. The largest absolute Gasteiger partial charge is 0.285 e. The van der Waals surface area contributed by atoms with Crippen LogP contribution in [0.4, 0.5) is 0 Å². The third-order valence-corrected chi connectivity index (χ3v) is 2.71. The Labute approximate surface area is 143 Å². The van der Waals surface area contributed by atoms with Crippen molar-refractivity contribution in [1.29, 1.82) is 0 Å². The molecule has 0 aliphatic heterocycles. The first kappa shape index (κ1) is 18.9. The number of hydrogen-bond acceptors (Lipinski definition) is 2. The van der Waals surface area contributed by atoms with Gasteiger partial charge in [0.2, 0.25) is 0 Å². The van der Waals surface area contributed by atoms with Crippen LogP contribution in [0.5, 0.6) is 0 Å². The quantitative estimate of drug-likeness (QED) is 0.590. The molecule has 4 nitrogen and oxygen atoms in total. The van der Waals surface area contributed by atoms with Crippen molar-refractivity contribution >= 4 is 45.2 Å². The van der Waals surface area contributed by atoms with E-state index in [1.54, 1.807) is 6.20 Å². The highest BCUT2D eigenvalue weighted by Crippen LogP contribution is 2.06. The van der Waals surface area contributed by atoms with Crippen molar-refractivity contribution in [1.82, 2.24) is 20.0 Å². The van der Waals surface area contributed by atoms with Crippen molar-refractivity contribution in [2.75, 3.05) is 0 Å². The average molecular weight is 488 g/mol. The first-order chi connectivity index (χ1) is 8.82. The number of rotatable bonds is 1. The highest BCUT2D eigenvalue weighted by Gasteiger charge is 1.96. The molecule has 108 valence electrons. The maximum Gasteiger partial charge on any atom is 0.0623 e. The van der Waals surface area contributed by atoms with Crippen LogP contribution in [0.3, 0.4) is 0 Å². The summed E-state index contributed by atoms with van der Waals surface area (Å²) >= 11 is 4.43. The number of H-pyrrole nitrogens is 1. The minimum atomic E-state index is 0.480. The standard InChI is InChI=1S/C6H9IN2.C4H10.C3H3IN2/c1-5(2)9-4-6(7)3-8-9;1-4(2)3;4-3-1-5-6-2-3/h3-5H,1-2H3;4H,1-3H3;1-2H,(H,5,6). The summed E-state index contributed by atoms with van der Waals surface area (Å²) in [5.41, 5.74) is 0. The summed E-state index contributed by atoms with van der Waals surface area (Å²) < 4.78 is 4.29. The van der Waals surface area contributed by atoms with Gasteiger partial charge in [0.25, 0.3) is 0 Å². The lowest BCUT2D eigenvalue weighted by atomic mass is 10.3. The third-order valence-electron chi connectivity index (χ3n) is 1.56. The third kappa shape index (κ3) is 11.4. The van der Waals surface area contributed by atoms with Crippen molar-refractivity contribution in [2.45, 2.75) is 40.7 Å². The van der Waals surface area contributed by atoms with Gasteiger partial charge in [0.05, 0.1) is 19.5 Å². The molecular weight excluding hydrogens is 466 g/mol. The topological polar surface area (TPSA) is 46.5 Å². The van der Waals surface area contributed by atoms with Gasteiger partial charge in [0.15, 0.2) is 0 Å². The number of aromatic amines is 1. The summed E-state index contributed by atoms with van der Waals surface area (Å²) in [4.78, 5) is 0. The normalized spacial score (nSPS) is 9.74. The average Bonchev–Trinajstić information content (AvgIpc) is 2.89. The van der Waals surface area contributed by atoms with Gasteiger partial charge in [-0.15, -0.1) is 0 Å². The SMILES string of the molecule is CC(C)C.CC(C)n1cc(I)cn1.Ic1cn[nH]c1. The minimum absolute atomic E-state index is 0.480. The molecule has 0 saturated heterocycles. The lowest BCUT2D eigenvalue weighted by molar-refractivity contribution is 0.532. The molecule has 0 fully saturated rings. The van der Waals surface area contributed by atoms with Gasteiger partial charge in [-0.2, -0.15) is 10.2 Å². The first-order valence-corrected chi connectivity index (χ1v) is 8.32. The summed E-state index contributed by atoms with van der Waals surface area (Å²) in [6.45, 7) is 10.7. The Morgan fingerprint density at radius 1 is 1.05 bits per heavy atom. The van der Waals surface area contributed by atoms with Crippen molar-refractivity contribution in [2.24, 2.45) is 5.92 Å². The molecule has 6 heteroatoms. The van der Waals surface area contributed by atoms with Crippen LogP contribution < -0.4 is 0 Å². The van der Waals surface area contributed by atoms with Gasteiger partial charge in [0.1, 0.15) is 0 Å². The van der Waals surface area contributed by atoms with Gasteiger partial charge >= 0.3 is 0 Å². The molecule has 0 saturated carbocycles. The van der Waals surface area contributed by atoms with E-state index in [0.29, 0.717) is 6.04 Å². The van der Waals surface area contributed by atoms with E-state index in [4.69, 9.17) is 0 Å². The number of aromatic nitrogens is 4. The Morgan fingerprint density at radius 2 is 1.63 bits per heavy atom. The van der Waals surface area contributed by atoms with Gasteiger partial charge in [-0.25, -0.2) is 0 Å². The maximum absolute atomic E-state index is 4.12. The van der Waals surface area contributed by atoms with Crippen LogP contribution in [0.15, 0.2) is 24.8 Å². The van der Waals surface area contributed by atoms with E-state index < -0.39 is 0 Å². The second-order valence-electron chi connectivity index (χ2n) is 4.88. The summed E-state index contributed by atoms with van der Waals surface area (Å²) in [6.07, 6.45) is 7.49. The molecule has 2 rings (SSSR count). The lowest BCUT2D eigenvalue weighted by Gasteiger charge is -2.01. The van der Waals surface area contributed by atoms with E-state index >= 15 is 0 Å². The molecule has 19 heavy (non-hydrogen) atoms. The molecule has 1 N–H and O–H groups in total. The Bertz CT molecular complexity index is 419. The second kappa shape index (κ2) is 10.6. The number of halogens is 2. The molecule has 0 spiro atoms. The Kier molecular flexibility index (Phi) is 10.6. The van der Waals surface area contributed by atoms with Crippen molar-refractivity contribution < 1.29 is 0 Å². The summed E-state index contributed by atoms with van der Waals surface area (Å²) in [6, 6.07) is 0.480. The molecular formula is C13H22I2N4. The minimum Gasteiger partial charge on any atom is -0.285 e. The van der Waals surface area contributed by atoms with Crippen molar-refractivity contribution in [3.05, 3.63) is 31.9 Å². The first-order valence-electron chi connectivity index (χ1n) is 6.16. The molecule has 0 bridgehead atoms. The fraction of sp³-hybridized carbons (Fsp3) is 0.538. The second-order valence-corrected chi connectivity index (χ2v) is 7.37. The van der Waals surface area contributed by atoms with Crippen LogP contribution in [0.1, 0.15) is 40.7 Å². The molecule has 0 aromatic carbocycles. The monoisotopic (exact) mass is 488 g/mol. The lowest BCUT2D eigenvalue weighted by Crippen LogP contribution is -1.99. The molecule has 0 unspecified atom stereocenters. The molecule has 0 aliphatic rings. The van der Waals surface area contributed by atoms with Crippen LogP contribution >= 0.6 is 45.2 Å². The molecule has 0 atom stereocenters. The van der Waals surface area contributed by atoms with Gasteiger partial charge in [0, 0.05) is 18.4 Å². The molecule has 2 aromatic rings. The highest BCUT2D eigenvalue weighted by atomic mass is 127. The fourth-order valence-electron chi connectivity index (χ4n) is 0.832. The van der Waals surface area contributed by atoms with E-state index in [9.17, 15) is 0 Å². The summed E-state index contributed by atoms with van der Waals surface area (Å²) in [7, 11) is 0. The molecule has 0 aliphatic carbocycles. The van der Waals surface area contributed by atoms with E-state index in [2.05, 4.69) is 95.1 Å². The fourth-order valence-corrected chi connectivity index (χ4v) is 1.52. The van der Waals surface area contributed by atoms with Gasteiger partial charge in [-0.05, 0) is 64.9 Å². The summed E-state index contributed by atoms with van der Waals surface area (Å²) in [5.74, 6) is 0.833. The van der Waals surface area contributed by atoms with Crippen LogP contribution in [-0.4, -0.2) is 20.0 Å². The molecule has 2 heterocycles. The van der Waals surface area contributed by atoms with E-state index in [-0.39, 0.29) is 0 Å². The van der Waals surface area contributed by atoms with Crippen LogP contribution in [-0.2, 0) is 0 Å². The van der Waals surface area contributed by atoms with Gasteiger partial charge in [-0.3, -0.25) is 9.78 Å². The van der Waals surface area contributed by atoms with Crippen LogP contribution in [0.2, 0.25) is 0 Å². The van der Waals surface area contributed by atoms with Gasteiger partial charge < -0.3 is 0 Å². The van der Waals surface area contributed by atoms with Crippen molar-refractivity contribution in [3.63, 3.8) is 0 Å². The predicted octanol–water partition coefficient (Wildman–Crippen LogP) is 4.75. The van der Waals surface area contributed by atoms with Crippen LogP contribution in [0.25, 0.3) is 0 Å². The zero-order valence-corrected chi connectivity index (χ0v) is 16.4. The molecule has 0 amide bonds. The number of nitrogens with one attached hydrogen (secondary N) is 1. The number of hydrogen-bond donors (Lipinski definition) is 1. The van der Waals surface area contributed by atoms with E-state index in [1.807, 2.05) is 23.3 Å². The van der Waals surface area contributed by atoms with Crippen molar-refractivity contribution in [3.8, 4) is 0 Å². The molecule has 0 radical (unpaired) electrons.